The standard InChI is InChI=1S/C14H14Cl2O/c1-14(2)8-12(16)11(13(14)17)7-9-3-5-10(15)6-4-9/h3-7,12H,8H2,1-2H3. The molecule has 1 saturated carbocycles. The van der Waals surface area contributed by atoms with Crippen molar-refractivity contribution in [3.05, 3.63) is 40.4 Å². The predicted octanol–water partition coefficient (Wildman–Crippen LogP) is 4.33. The van der Waals surface area contributed by atoms with Crippen molar-refractivity contribution in [1.29, 1.82) is 0 Å². The van der Waals surface area contributed by atoms with E-state index in [-0.39, 0.29) is 16.6 Å². The van der Waals surface area contributed by atoms with Crippen LogP contribution in [0.5, 0.6) is 0 Å². The summed E-state index contributed by atoms with van der Waals surface area (Å²) in [6, 6.07) is 7.39. The molecule has 0 amide bonds. The third-order valence-corrected chi connectivity index (χ3v) is 3.74. The molecule has 1 aromatic carbocycles. The molecular weight excluding hydrogens is 255 g/mol. The quantitative estimate of drug-likeness (QED) is 0.547. The molecule has 1 aliphatic rings. The molecule has 0 aliphatic heterocycles. The van der Waals surface area contributed by atoms with Crippen LogP contribution in [0.3, 0.4) is 0 Å². The van der Waals surface area contributed by atoms with E-state index in [2.05, 4.69) is 0 Å². The maximum absolute atomic E-state index is 12.1. The Morgan fingerprint density at radius 3 is 2.35 bits per heavy atom. The lowest BCUT2D eigenvalue weighted by Gasteiger charge is -2.12. The Morgan fingerprint density at radius 2 is 1.88 bits per heavy atom. The molecule has 90 valence electrons. The maximum atomic E-state index is 12.1. The van der Waals surface area contributed by atoms with E-state index in [4.69, 9.17) is 23.2 Å². The van der Waals surface area contributed by atoms with Gasteiger partial charge in [0.05, 0.1) is 5.38 Å². The van der Waals surface area contributed by atoms with Crippen LogP contribution in [0, 0.1) is 5.41 Å². The lowest BCUT2D eigenvalue weighted by Crippen LogP contribution is -2.17. The molecule has 2 rings (SSSR count). The summed E-state index contributed by atoms with van der Waals surface area (Å²) < 4.78 is 0. The summed E-state index contributed by atoms with van der Waals surface area (Å²) in [5.41, 5.74) is 1.32. The van der Waals surface area contributed by atoms with Crippen LogP contribution in [0.4, 0.5) is 0 Å². The number of benzene rings is 1. The molecule has 1 nitrogen and oxygen atoms in total. The van der Waals surface area contributed by atoms with Crippen LogP contribution in [0.25, 0.3) is 6.08 Å². The van der Waals surface area contributed by atoms with Gasteiger partial charge in [0.15, 0.2) is 5.78 Å². The first-order valence-corrected chi connectivity index (χ1v) is 6.37. The lowest BCUT2D eigenvalue weighted by molar-refractivity contribution is -0.121. The number of allylic oxidation sites excluding steroid dienone is 1. The Hall–Kier alpha value is -0.790. The zero-order valence-electron chi connectivity index (χ0n) is 9.84. The third-order valence-electron chi connectivity index (χ3n) is 3.10. The van der Waals surface area contributed by atoms with E-state index in [9.17, 15) is 4.79 Å². The van der Waals surface area contributed by atoms with Gasteiger partial charge in [0.1, 0.15) is 0 Å². The zero-order chi connectivity index (χ0) is 12.6. The molecule has 0 radical (unpaired) electrons. The van der Waals surface area contributed by atoms with Crippen molar-refractivity contribution in [2.45, 2.75) is 25.6 Å². The summed E-state index contributed by atoms with van der Waals surface area (Å²) >= 11 is 12.0. The molecule has 0 bridgehead atoms. The highest BCUT2D eigenvalue weighted by molar-refractivity contribution is 6.30. The SMILES string of the molecule is CC1(C)CC(Cl)C(=Cc2ccc(Cl)cc2)C1=O. The summed E-state index contributed by atoms with van der Waals surface area (Å²) in [7, 11) is 0. The van der Waals surface area contributed by atoms with Gasteiger partial charge < -0.3 is 0 Å². The smallest absolute Gasteiger partial charge is 0.166 e. The number of alkyl halides is 1. The topological polar surface area (TPSA) is 17.1 Å². The minimum absolute atomic E-state index is 0.146. The minimum Gasteiger partial charge on any atom is -0.294 e. The van der Waals surface area contributed by atoms with E-state index < -0.39 is 0 Å². The molecule has 3 heteroatoms. The Morgan fingerprint density at radius 1 is 1.29 bits per heavy atom. The van der Waals surface area contributed by atoms with Crippen LogP contribution in [0.15, 0.2) is 29.8 Å². The Kier molecular flexibility index (Phi) is 3.33. The fraction of sp³-hybridized carbons (Fsp3) is 0.357. The largest absolute Gasteiger partial charge is 0.294 e. The summed E-state index contributed by atoms with van der Waals surface area (Å²) in [4.78, 5) is 12.1. The number of halogens is 2. The van der Waals surface area contributed by atoms with Crippen molar-refractivity contribution in [3.63, 3.8) is 0 Å². The van der Waals surface area contributed by atoms with Gasteiger partial charge in [-0.2, -0.15) is 0 Å². The molecule has 1 aliphatic carbocycles. The van der Waals surface area contributed by atoms with Crippen molar-refractivity contribution >= 4 is 35.1 Å². The summed E-state index contributed by atoms with van der Waals surface area (Å²) in [5, 5.41) is 0.501. The number of Topliss-reactive ketones (excluding diaryl/α,β-unsaturated/α-hetero) is 1. The van der Waals surface area contributed by atoms with Crippen molar-refractivity contribution in [1.82, 2.24) is 0 Å². The zero-order valence-corrected chi connectivity index (χ0v) is 11.3. The Labute approximate surface area is 111 Å². The highest BCUT2D eigenvalue weighted by Gasteiger charge is 2.42. The van der Waals surface area contributed by atoms with Crippen molar-refractivity contribution in [2.24, 2.45) is 5.41 Å². The number of carbonyl (C=O) groups is 1. The highest BCUT2D eigenvalue weighted by Crippen LogP contribution is 2.41. The van der Waals surface area contributed by atoms with Gasteiger partial charge >= 0.3 is 0 Å². The van der Waals surface area contributed by atoms with Crippen molar-refractivity contribution < 1.29 is 4.79 Å². The van der Waals surface area contributed by atoms with E-state index >= 15 is 0 Å². The van der Waals surface area contributed by atoms with E-state index in [1.54, 1.807) is 0 Å². The lowest BCUT2D eigenvalue weighted by atomic mass is 9.90. The maximum Gasteiger partial charge on any atom is 0.166 e. The van der Waals surface area contributed by atoms with Crippen LogP contribution in [0.2, 0.25) is 5.02 Å². The molecule has 0 saturated heterocycles. The normalized spacial score (nSPS) is 25.5. The first-order valence-electron chi connectivity index (χ1n) is 5.56. The van der Waals surface area contributed by atoms with Crippen LogP contribution in [0.1, 0.15) is 25.8 Å². The first kappa shape index (κ1) is 12.7. The molecule has 0 spiro atoms. The first-order chi connectivity index (χ1) is 7.90. The number of hydrogen-bond acceptors (Lipinski definition) is 1. The molecule has 0 N–H and O–H groups in total. The van der Waals surface area contributed by atoms with Gasteiger partial charge in [0, 0.05) is 16.0 Å². The van der Waals surface area contributed by atoms with Gasteiger partial charge in [-0.25, -0.2) is 0 Å². The second-order valence-electron chi connectivity index (χ2n) is 5.04. The third kappa shape index (κ3) is 2.56. The summed E-state index contributed by atoms with van der Waals surface area (Å²) in [5.74, 6) is 0.146. The van der Waals surface area contributed by atoms with E-state index in [1.165, 1.54) is 0 Å². The molecule has 0 aromatic heterocycles. The number of carbonyl (C=O) groups excluding carboxylic acids is 1. The molecular formula is C14H14Cl2O. The van der Waals surface area contributed by atoms with Gasteiger partial charge in [0.25, 0.3) is 0 Å². The average Bonchev–Trinajstić information content (AvgIpc) is 2.44. The summed E-state index contributed by atoms with van der Waals surface area (Å²) in [6.07, 6.45) is 2.57. The molecule has 1 aromatic rings. The monoisotopic (exact) mass is 268 g/mol. The molecule has 1 fully saturated rings. The number of rotatable bonds is 1. The van der Waals surface area contributed by atoms with E-state index in [0.29, 0.717) is 17.0 Å². The summed E-state index contributed by atoms with van der Waals surface area (Å²) in [6.45, 7) is 3.88. The van der Waals surface area contributed by atoms with E-state index in [0.717, 1.165) is 5.56 Å². The molecule has 1 unspecified atom stereocenters. The average molecular weight is 269 g/mol. The van der Waals surface area contributed by atoms with Crippen molar-refractivity contribution in [2.75, 3.05) is 0 Å². The van der Waals surface area contributed by atoms with Crippen molar-refractivity contribution in [3.8, 4) is 0 Å². The number of hydrogen-bond donors (Lipinski definition) is 0. The Balaban J connectivity index is 2.34. The minimum atomic E-state index is -0.343. The van der Waals surface area contributed by atoms with Crippen LogP contribution in [-0.4, -0.2) is 11.2 Å². The van der Waals surface area contributed by atoms with Crippen LogP contribution < -0.4 is 0 Å². The second kappa shape index (κ2) is 4.47. The fourth-order valence-electron chi connectivity index (χ4n) is 2.08. The van der Waals surface area contributed by atoms with Gasteiger partial charge in [-0.05, 0) is 30.2 Å². The van der Waals surface area contributed by atoms with Crippen LogP contribution >= 0.6 is 23.2 Å². The molecule has 0 heterocycles. The molecule has 17 heavy (non-hydrogen) atoms. The van der Waals surface area contributed by atoms with E-state index in [1.807, 2.05) is 44.2 Å². The number of ketones is 1. The molecule has 1 atom stereocenters. The second-order valence-corrected chi connectivity index (χ2v) is 6.00. The van der Waals surface area contributed by atoms with Gasteiger partial charge in [-0.1, -0.05) is 37.6 Å². The van der Waals surface area contributed by atoms with Crippen LogP contribution in [-0.2, 0) is 4.79 Å². The predicted molar refractivity (Wildman–Crippen MR) is 72.5 cm³/mol. The van der Waals surface area contributed by atoms with Gasteiger partial charge in [-0.3, -0.25) is 4.79 Å². The fourth-order valence-corrected chi connectivity index (χ4v) is 2.75. The highest BCUT2D eigenvalue weighted by atomic mass is 35.5. The Bertz CT molecular complexity index is 472. The van der Waals surface area contributed by atoms with Gasteiger partial charge in [-0.15, -0.1) is 11.6 Å². The van der Waals surface area contributed by atoms with Gasteiger partial charge in [0.2, 0.25) is 0 Å².